The highest BCUT2D eigenvalue weighted by Crippen LogP contribution is 2.19. The van der Waals surface area contributed by atoms with Crippen LogP contribution in [-0.4, -0.2) is 21.0 Å². The molecule has 0 saturated carbocycles. The molecular formula is C16H13N3O2. The first-order valence-corrected chi connectivity index (χ1v) is 6.50. The summed E-state index contributed by atoms with van der Waals surface area (Å²) in [5.74, 6) is -0.235. The lowest BCUT2D eigenvalue weighted by molar-refractivity contribution is 0.0696. The van der Waals surface area contributed by atoms with E-state index in [1.54, 1.807) is 18.2 Å². The van der Waals surface area contributed by atoms with Crippen molar-refractivity contribution in [1.29, 1.82) is 0 Å². The van der Waals surface area contributed by atoms with Crippen LogP contribution in [0.4, 0.5) is 5.82 Å². The smallest absolute Gasteiger partial charge is 0.336 e. The predicted octanol–water partition coefficient (Wildman–Crippen LogP) is 2.94. The topological polar surface area (TPSA) is 75.1 Å². The van der Waals surface area contributed by atoms with Gasteiger partial charge in [-0.2, -0.15) is 0 Å². The number of carboxylic acid groups (broad SMARTS) is 1. The summed E-state index contributed by atoms with van der Waals surface area (Å²) in [5, 5.41) is 13.3. The number of nitrogens with one attached hydrogen (secondary N) is 1. The Bertz CT molecular complexity index is 797. The number of fused-ring (bicyclic) bond motifs is 1. The van der Waals surface area contributed by atoms with Crippen molar-refractivity contribution in [2.45, 2.75) is 6.54 Å². The highest BCUT2D eigenvalue weighted by Gasteiger charge is 2.09. The molecule has 0 aliphatic heterocycles. The lowest BCUT2D eigenvalue weighted by atomic mass is 10.1. The van der Waals surface area contributed by atoms with Crippen LogP contribution in [0.25, 0.3) is 10.9 Å². The Labute approximate surface area is 121 Å². The maximum Gasteiger partial charge on any atom is 0.336 e. The monoisotopic (exact) mass is 279 g/mol. The number of hydrogen-bond donors (Lipinski definition) is 2. The zero-order chi connectivity index (χ0) is 14.7. The van der Waals surface area contributed by atoms with Crippen LogP contribution in [0.3, 0.4) is 0 Å². The lowest BCUT2D eigenvalue weighted by Gasteiger charge is -2.10. The highest BCUT2D eigenvalue weighted by atomic mass is 16.4. The van der Waals surface area contributed by atoms with Gasteiger partial charge in [0, 0.05) is 11.9 Å². The third-order valence-corrected chi connectivity index (χ3v) is 3.24. The molecule has 2 aromatic carbocycles. The number of para-hydroxylation sites is 1. The molecule has 2 N–H and O–H groups in total. The third-order valence-electron chi connectivity index (χ3n) is 3.24. The fourth-order valence-corrected chi connectivity index (χ4v) is 2.21. The minimum absolute atomic E-state index is 0.295. The molecular weight excluding hydrogens is 266 g/mol. The van der Waals surface area contributed by atoms with Crippen LogP contribution in [0, 0.1) is 0 Å². The number of carboxylic acids is 1. The summed E-state index contributed by atoms with van der Waals surface area (Å²) in [6, 6.07) is 14.6. The van der Waals surface area contributed by atoms with E-state index in [0.29, 0.717) is 23.5 Å². The van der Waals surface area contributed by atoms with Crippen molar-refractivity contribution in [1.82, 2.24) is 9.97 Å². The zero-order valence-corrected chi connectivity index (χ0v) is 11.2. The van der Waals surface area contributed by atoms with Crippen molar-refractivity contribution in [2.24, 2.45) is 0 Å². The van der Waals surface area contributed by atoms with Crippen molar-refractivity contribution in [3.63, 3.8) is 0 Å². The Kier molecular flexibility index (Phi) is 3.47. The molecule has 0 amide bonds. The summed E-state index contributed by atoms with van der Waals surface area (Å²) < 4.78 is 0. The molecule has 0 spiro atoms. The SMILES string of the molecule is O=C(O)c1ccccc1CNc1ncnc2ccccc12. The number of hydrogen-bond acceptors (Lipinski definition) is 4. The summed E-state index contributed by atoms with van der Waals surface area (Å²) >= 11 is 0. The zero-order valence-electron chi connectivity index (χ0n) is 11.2. The molecule has 3 rings (SSSR count). The lowest BCUT2D eigenvalue weighted by Crippen LogP contribution is -2.08. The number of anilines is 1. The molecule has 0 atom stereocenters. The van der Waals surface area contributed by atoms with Gasteiger partial charge in [0.1, 0.15) is 12.1 Å². The summed E-state index contributed by atoms with van der Waals surface area (Å²) in [5.41, 5.74) is 1.86. The van der Waals surface area contributed by atoms with Crippen molar-refractivity contribution < 1.29 is 9.90 Å². The molecule has 0 fully saturated rings. The molecule has 21 heavy (non-hydrogen) atoms. The Morgan fingerprint density at radius 3 is 2.67 bits per heavy atom. The second-order valence-electron chi connectivity index (χ2n) is 4.56. The molecule has 0 saturated heterocycles. The molecule has 5 heteroatoms. The van der Waals surface area contributed by atoms with Crippen molar-refractivity contribution in [3.8, 4) is 0 Å². The number of aromatic nitrogens is 2. The van der Waals surface area contributed by atoms with E-state index in [2.05, 4.69) is 15.3 Å². The summed E-state index contributed by atoms with van der Waals surface area (Å²) in [4.78, 5) is 19.6. The quantitative estimate of drug-likeness (QED) is 0.768. The number of nitrogens with zero attached hydrogens (tertiary/aromatic N) is 2. The first-order valence-electron chi connectivity index (χ1n) is 6.50. The van der Waals surface area contributed by atoms with Gasteiger partial charge in [-0.1, -0.05) is 30.3 Å². The fourth-order valence-electron chi connectivity index (χ4n) is 2.21. The molecule has 5 nitrogen and oxygen atoms in total. The van der Waals surface area contributed by atoms with Crippen LogP contribution in [-0.2, 0) is 6.54 Å². The Morgan fingerprint density at radius 1 is 1.05 bits per heavy atom. The van der Waals surface area contributed by atoms with Crippen molar-refractivity contribution >= 4 is 22.7 Å². The van der Waals surface area contributed by atoms with Gasteiger partial charge < -0.3 is 10.4 Å². The largest absolute Gasteiger partial charge is 0.478 e. The molecule has 0 bridgehead atoms. The molecule has 0 aliphatic carbocycles. The van der Waals surface area contributed by atoms with Crippen LogP contribution in [0.15, 0.2) is 54.9 Å². The maximum atomic E-state index is 11.2. The summed E-state index contributed by atoms with van der Waals surface area (Å²) in [6.45, 7) is 0.392. The van der Waals surface area contributed by atoms with Crippen molar-refractivity contribution in [3.05, 3.63) is 66.0 Å². The maximum absolute atomic E-state index is 11.2. The Balaban J connectivity index is 1.89. The van der Waals surface area contributed by atoms with Gasteiger partial charge in [-0.25, -0.2) is 14.8 Å². The first kappa shape index (κ1) is 13.1. The van der Waals surface area contributed by atoms with Crippen LogP contribution >= 0.6 is 0 Å². The van der Waals surface area contributed by atoms with E-state index >= 15 is 0 Å². The normalized spacial score (nSPS) is 10.5. The van der Waals surface area contributed by atoms with E-state index in [9.17, 15) is 9.90 Å². The molecule has 0 aliphatic rings. The predicted molar refractivity (Wildman–Crippen MR) is 80.3 cm³/mol. The summed E-state index contributed by atoms with van der Waals surface area (Å²) in [7, 11) is 0. The van der Waals surface area contributed by atoms with Gasteiger partial charge >= 0.3 is 5.97 Å². The van der Waals surface area contributed by atoms with Gasteiger partial charge in [-0.05, 0) is 23.8 Å². The van der Waals surface area contributed by atoms with Gasteiger partial charge in [-0.3, -0.25) is 0 Å². The molecule has 1 heterocycles. The molecule has 0 unspecified atom stereocenters. The van der Waals surface area contributed by atoms with E-state index in [0.717, 1.165) is 10.9 Å². The molecule has 1 aromatic heterocycles. The van der Waals surface area contributed by atoms with E-state index < -0.39 is 5.97 Å². The van der Waals surface area contributed by atoms with Crippen LogP contribution in [0.2, 0.25) is 0 Å². The average Bonchev–Trinajstić information content (AvgIpc) is 2.53. The Hall–Kier alpha value is -2.95. The number of benzene rings is 2. The van der Waals surface area contributed by atoms with Gasteiger partial charge in [0.25, 0.3) is 0 Å². The third kappa shape index (κ3) is 2.67. The molecule has 3 aromatic rings. The van der Waals surface area contributed by atoms with Gasteiger partial charge in [0.05, 0.1) is 11.1 Å². The number of aromatic carboxylic acids is 1. The molecule has 0 radical (unpaired) electrons. The second kappa shape index (κ2) is 5.58. The summed E-state index contributed by atoms with van der Waals surface area (Å²) in [6.07, 6.45) is 1.49. The highest BCUT2D eigenvalue weighted by molar-refractivity contribution is 5.90. The first-order chi connectivity index (χ1) is 10.3. The van der Waals surface area contributed by atoms with E-state index in [1.165, 1.54) is 6.33 Å². The van der Waals surface area contributed by atoms with Gasteiger partial charge in [0.15, 0.2) is 0 Å². The average molecular weight is 279 g/mol. The van der Waals surface area contributed by atoms with Crippen LogP contribution in [0.1, 0.15) is 15.9 Å². The van der Waals surface area contributed by atoms with Crippen LogP contribution < -0.4 is 5.32 Å². The second-order valence-corrected chi connectivity index (χ2v) is 4.56. The molecule has 104 valence electrons. The number of carbonyl (C=O) groups is 1. The minimum atomic E-state index is -0.931. The van der Waals surface area contributed by atoms with E-state index in [1.807, 2.05) is 30.3 Å². The fraction of sp³-hybridized carbons (Fsp3) is 0.0625. The van der Waals surface area contributed by atoms with Gasteiger partial charge in [-0.15, -0.1) is 0 Å². The van der Waals surface area contributed by atoms with E-state index in [4.69, 9.17) is 0 Å². The van der Waals surface area contributed by atoms with Crippen molar-refractivity contribution in [2.75, 3.05) is 5.32 Å². The van der Waals surface area contributed by atoms with Crippen LogP contribution in [0.5, 0.6) is 0 Å². The minimum Gasteiger partial charge on any atom is -0.478 e. The van der Waals surface area contributed by atoms with Gasteiger partial charge in [0.2, 0.25) is 0 Å². The standard InChI is InChI=1S/C16H13N3O2/c20-16(21)12-6-2-1-5-11(12)9-17-15-13-7-3-4-8-14(13)18-10-19-15/h1-8,10H,9H2,(H,20,21)(H,17,18,19). The number of rotatable bonds is 4. The van der Waals surface area contributed by atoms with E-state index in [-0.39, 0.29) is 0 Å². The Morgan fingerprint density at radius 2 is 1.81 bits per heavy atom.